The molecular formula is C19H15F2N3O. The fraction of sp³-hybridized carbons (Fsp3) is 0.0526. The second kappa shape index (κ2) is 7.09. The molecule has 2 N–H and O–H groups in total. The average molecular weight is 339 g/mol. The first-order valence-corrected chi connectivity index (χ1v) is 7.57. The number of nitrogens with one attached hydrogen (secondary N) is 2. The van der Waals surface area contributed by atoms with Crippen LogP contribution in [0.4, 0.5) is 26.0 Å². The van der Waals surface area contributed by atoms with Gasteiger partial charge in [-0.05, 0) is 49.4 Å². The summed E-state index contributed by atoms with van der Waals surface area (Å²) in [5, 5.41) is 5.73. The molecule has 0 spiro atoms. The predicted octanol–water partition coefficient (Wildman–Crippen LogP) is 4.66. The number of rotatable bonds is 4. The van der Waals surface area contributed by atoms with E-state index in [1.807, 2.05) is 31.2 Å². The molecular weight excluding hydrogens is 324 g/mol. The van der Waals surface area contributed by atoms with Gasteiger partial charge in [-0.2, -0.15) is 0 Å². The number of hydrogen-bond donors (Lipinski definition) is 2. The van der Waals surface area contributed by atoms with Crippen molar-refractivity contribution in [1.29, 1.82) is 0 Å². The zero-order chi connectivity index (χ0) is 17.8. The van der Waals surface area contributed by atoms with Crippen molar-refractivity contribution >= 4 is 23.1 Å². The van der Waals surface area contributed by atoms with E-state index in [-0.39, 0.29) is 5.56 Å². The first-order chi connectivity index (χ1) is 12.0. The molecule has 4 nitrogen and oxygen atoms in total. The highest BCUT2D eigenvalue weighted by Crippen LogP contribution is 2.17. The summed E-state index contributed by atoms with van der Waals surface area (Å²) < 4.78 is 26.1. The largest absolute Gasteiger partial charge is 0.340 e. The Morgan fingerprint density at radius 2 is 1.64 bits per heavy atom. The third-order valence-electron chi connectivity index (χ3n) is 3.53. The van der Waals surface area contributed by atoms with Crippen LogP contribution in [0.3, 0.4) is 0 Å². The summed E-state index contributed by atoms with van der Waals surface area (Å²) >= 11 is 0. The Labute approximate surface area is 143 Å². The van der Waals surface area contributed by atoms with Crippen LogP contribution in [0.2, 0.25) is 0 Å². The van der Waals surface area contributed by atoms with Crippen LogP contribution in [-0.4, -0.2) is 10.9 Å². The molecule has 3 aromatic rings. The van der Waals surface area contributed by atoms with Gasteiger partial charge in [-0.1, -0.05) is 17.7 Å². The summed E-state index contributed by atoms with van der Waals surface area (Å²) in [4.78, 5) is 16.3. The Morgan fingerprint density at radius 1 is 0.920 bits per heavy atom. The van der Waals surface area contributed by atoms with Gasteiger partial charge in [0.05, 0.1) is 11.9 Å². The normalized spacial score (nSPS) is 10.4. The monoisotopic (exact) mass is 339 g/mol. The Balaban J connectivity index is 1.66. The number of carbonyl (C=O) groups is 1. The van der Waals surface area contributed by atoms with Gasteiger partial charge < -0.3 is 10.6 Å². The number of benzene rings is 2. The molecule has 25 heavy (non-hydrogen) atoms. The lowest BCUT2D eigenvalue weighted by atomic mass is 10.2. The smallest absolute Gasteiger partial charge is 0.255 e. The van der Waals surface area contributed by atoms with Crippen LogP contribution in [0.5, 0.6) is 0 Å². The molecule has 0 saturated heterocycles. The third-order valence-corrected chi connectivity index (χ3v) is 3.53. The SMILES string of the molecule is Cc1ccc(Nc2ccc(NC(=O)c3ccc(F)c(F)c3)cn2)cc1. The quantitative estimate of drug-likeness (QED) is 0.727. The molecule has 1 heterocycles. The van der Waals surface area contributed by atoms with E-state index in [1.54, 1.807) is 12.1 Å². The van der Waals surface area contributed by atoms with E-state index < -0.39 is 17.5 Å². The Kier molecular flexibility index (Phi) is 4.70. The molecule has 0 aliphatic carbocycles. The third kappa shape index (κ3) is 4.17. The predicted molar refractivity (Wildman–Crippen MR) is 93.0 cm³/mol. The topological polar surface area (TPSA) is 54.0 Å². The van der Waals surface area contributed by atoms with Crippen LogP contribution in [-0.2, 0) is 0 Å². The highest BCUT2D eigenvalue weighted by Gasteiger charge is 2.10. The Hall–Kier alpha value is -3.28. The summed E-state index contributed by atoms with van der Waals surface area (Å²) in [6, 6.07) is 14.2. The lowest BCUT2D eigenvalue weighted by molar-refractivity contribution is 0.102. The summed E-state index contributed by atoms with van der Waals surface area (Å²) in [7, 11) is 0. The molecule has 0 atom stereocenters. The maximum absolute atomic E-state index is 13.2. The number of nitrogens with zero attached hydrogens (tertiary/aromatic N) is 1. The van der Waals surface area contributed by atoms with Crippen molar-refractivity contribution in [2.45, 2.75) is 6.92 Å². The fourth-order valence-electron chi connectivity index (χ4n) is 2.17. The minimum absolute atomic E-state index is 0.0285. The molecule has 0 aliphatic heterocycles. The summed E-state index contributed by atoms with van der Waals surface area (Å²) in [6.45, 7) is 2.01. The fourth-order valence-corrected chi connectivity index (χ4v) is 2.17. The van der Waals surface area contributed by atoms with Gasteiger partial charge in [-0.25, -0.2) is 13.8 Å². The van der Waals surface area contributed by atoms with Crippen LogP contribution in [0, 0.1) is 18.6 Å². The van der Waals surface area contributed by atoms with Crippen molar-refractivity contribution < 1.29 is 13.6 Å². The first-order valence-electron chi connectivity index (χ1n) is 7.57. The molecule has 0 saturated carbocycles. The van der Waals surface area contributed by atoms with E-state index in [2.05, 4.69) is 15.6 Å². The van der Waals surface area contributed by atoms with E-state index in [1.165, 1.54) is 12.3 Å². The van der Waals surface area contributed by atoms with E-state index in [0.29, 0.717) is 11.5 Å². The second-order valence-corrected chi connectivity index (χ2v) is 5.51. The van der Waals surface area contributed by atoms with Gasteiger partial charge in [0.2, 0.25) is 0 Å². The Bertz CT molecular complexity index is 894. The molecule has 1 aromatic heterocycles. The van der Waals surface area contributed by atoms with Gasteiger partial charge in [0.25, 0.3) is 5.91 Å². The van der Waals surface area contributed by atoms with Gasteiger partial charge in [0, 0.05) is 11.3 Å². The number of carbonyl (C=O) groups excluding carboxylic acids is 1. The number of halogens is 2. The highest BCUT2D eigenvalue weighted by molar-refractivity contribution is 6.04. The molecule has 0 unspecified atom stereocenters. The zero-order valence-corrected chi connectivity index (χ0v) is 13.4. The molecule has 6 heteroatoms. The van der Waals surface area contributed by atoms with Gasteiger partial charge in [-0.15, -0.1) is 0 Å². The number of aromatic nitrogens is 1. The Morgan fingerprint density at radius 3 is 2.28 bits per heavy atom. The van der Waals surface area contributed by atoms with Crippen LogP contribution in [0.15, 0.2) is 60.8 Å². The van der Waals surface area contributed by atoms with E-state index >= 15 is 0 Å². The molecule has 1 amide bonds. The zero-order valence-electron chi connectivity index (χ0n) is 13.4. The lowest BCUT2D eigenvalue weighted by Gasteiger charge is -2.08. The maximum Gasteiger partial charge on any atom is 0.255 e. The molecule has 2 aromatic carbocycles. The summed E-state index contributed by atoms with van der Waals surface area (Å²) in [6.07, 6.45) is 1.48. The minimum Gasteiger partial charge on any atom is -0.340 e. The van der Waals surface area contributed by atoms with Crippen LogP contribution in [0.25, 0.3) is 0 Å². The first kappa shape index (κ1) is 16.6. The van der Waals surface area contributed by atoms with Crippen LogP contribution < -0.4 is 10.6 Å². The van der Waals surface area contributed by atoms with Crippen molar-refractivity contribution in [2.24, 2.45) is 0 Å². The summed E-state index contributed by atoms with van der Waals surface area (Å²) in [5.74, 6) is -1.98. The van der Waals surface area contributed by atoms with Gasteiger partial charge in [-0.3, -0.25) is 4.79 Å². The average Bonchev–Trinajstić information content (AvgIpc) is 2.61. The number of anilines is 3. The van der Waals surface area contributed by atoms with Gasteiger partial charge in [0.15, 0.2) is 11.6 Å². The van der Waals surface area contributed by atoms with E-state index in [4.69, 9.17) is 0 Å². The molecule has 0 fully saturated rings. The minimum atomic E-state index is -1.07. The van der Waals surface area contributed by atoms with Crippen molar-refractivity contribution in [3.8, 4) is 0 Å². The van der Waals surface area contributed by atoms with Crippen LogP contribution in [0.1, 0.15) is 15.9 Å². The molecule has 0 radical (unpaired) electrons. The number of amides is 1. The second-order valence-electron chi connectivity index (χ2n) is 5.51. The number of aryl methyl sites for hydroxylation is 1. The van der Waals surface area contributed by atoms with Crippen molar-refractivity contribution in [3.63, 3.8) is 0 Å². The van der Waals surface area contributed by atoms with Crippen molar-refractivity contribution in [2.75, 3.05) is 10.6 Å². The number of hydrogen-bond acceptors (Lipinski definition) is 3. The molecule has 3 rings (SSSR count). The number of pyridine rings is 1. The van der Waals surface area contributed by atoms with Crippen LogP contribution >= 0.6 is 0 Å². The van der Waals surface area contributed by atoms with Gasteiger partial charge in [0.1, 0.15) is 5.82 Å². The standard InChI is InChI=1S/C19H15F2N3O/c1-12-2-5-14(6-3-12)23-18-9-7-15(11-22-18)24-19(25)13-4-8-16(20)17(21)10-13/h2-11H,1H3,(H,22,23)(H,24,25). The van der Waals surface area contributed by atoms with E-state index in [9.17, 15) is 13.6 Å². The van der Waals surface area contributed by atoms with E-state index in [0.717, 1.165) is 23.4 Å². The van der Waals surface area contributed by atoms with Gasteiger partial charge >= 0.3 is 0 Å². The molecule has 126 valence electrons. The van der Waals surface area contributed by atoms with Crippen molar-refractivity contribution in [3.05, 3.63) is 83.6 Å². The molecule has 0 bridgehead atoms. The lowest BCUT2D eigenvalue weighted by Crippen LogP contribution is -2.12. The maximum atomic E-state index is 13.2. The molecule has 0 aliphatic rings. The highest BCUT2D eigenvalue weighted by atomic mass is 19.2. The summed E-state index contributed by atoms with van der Waals surface area (Å²) in [5.41, 5.74) is 2.54. The van der Waals surface area contributed by atoms with Crippen molar-refractivity contribution in [1.82, 2.24) is 4.98 Å².